The van der Waals surface area contributed by atoms with E-state index in [1.165, 1.54) is 19.3 Å². The summed E-state index contributed by atoms with van der Waals surface area (Å²) in [6.45, 7) is 4.27. The largest absolute Gasteiger partial charge is 0.324 e. The summed E-state index contributed by atoms with van der Waals surface area (Å²) in [5.41, 5.74) is 5.83. The number of hydrogen-bond donors (Lipinski definition) is 1. The van der Waals surface area contributed by atoms with Crippen LogP contribution in [0.3, 0.4) is 0 Å². The topological polar surface area (TPSA) is 26.0 Å². The van der Waals surface area contributed by atoms with Crippen LogP contribution in [-0.4, -0.2) is 10.9 Å². The van der Waals surface area contributed by atoms with Crippen LogP contribution in [-0.2, 0) is 0 Å². The van der Waals surface area contributed by atoms with Crippen LogP contribution in [0, 0.1) is 0 Å². The molecule has 0 rings (SSSR count). The van der Waals surface area contributed by atoms with Crippen molar-refractivity contribution in [1.29, 1.82) is 0 Å². The number of hydrogen-bond acceptors (Lipinski definition) is 2. The molecule has 0 aliphatic carbocycles. The summed E-state index contributed by atoms with van der Waals surface area (Å²) >= 11 is 5.10. The van der Waals surface area contributed by atoms with Crippen LogP contribution in [0.4, 0.5) is 0 Å². The zero-order chi connectivity index (χ0) is 8.69. The van der Waals surface area contributed by atoms with E-state index in [1.54, 1.807) is 0 Å². The Morgan fingerprint density at radius 2 is 2.00 bits per heavy atom. The molecule has 0 aliphatic heterocycles. The molecule has 0 aliphatic rings. The summed E-state index contributed by atoms with van der Waals surface area (Å²) in [6.07, 6.45) is 5.77. The highest BCUT2D eigenvalue weighted by Gasteiger charge is 2.05. The first kappa shape index (κ1) is 11.1. The number of unbranched alkanes of at least 4 members (excludes halogenated alkanes) is 2. The van der Waals surface area contributed by atoms with E-state index in [4.69, 9.17) is 18.0 Å². The molecule has 0 fully saturated rings. The van der Waals surface area contributed by atoms with Crippen molar-refractivity contribution in [2.45, 2.75) is 52.0 Å². The molecule has 11 heavy (non-hydrogen) atoms. The van der Waals surface area contributed by atoms with Gasteiger partial charge in [-0.1, -0.05) is 45.3 Å². The first-order valence-electron chi connectivity index (χ1n) is 4.50. The average molecular weight is 173 g/mol. The van der Waals surface area contributed by atoms with Crippen LogP contribution in [0.5, 0.6) is 0 Å². The molecule has 1 atom stereocenters. The van der Waals surface area contributed by atoms with Crippen molar-refractivity contribution in [3.8, 4) is 0 Å². The van der Waals surface area contributed by atoms with Crippen molar-refractivity contribution in [2.24, 2.45) is 5.73 Å². The van der Waals surface area contributed by atoms with E-state index in [0.717, 1.165) is 17.7 Å². The molecule has 0 saturated heterocycles. The highest BCUT2D eigenvalue weighted by atomic mass is 32.1. The third kappa shape index (κ3) is 5.33. The van der Waals surface area contributed by atoms with Crippen molar-refractivity contribution >= 4 is 17.1 Å². The summed E-state index contributed by atoms with van der Waals surface area (Å²) in [5, 5.41) is 0. The Kier molecular flexibility index (Phi) is 6.77. The maximum Gasteiger partial charge on any atom is 0.0358 e. The van der Waals surface area contributed by atoms with E-state index in [-0.39, 0.29) is 6.04 Å². The average Bonchev–Trinajstić information content (AvgIpc) is 2.03. The zero-order valence-electron chi connectivity index (χ0n) is 7.60. The highest BCUT2D eigenvalue weighted by Crippen LogP contribution is 2.04. The monoisotopic (exact) mass is 173 g/mol. The van der Waals surface area contributed by atoms with Gasteiger partial charge < -0.3 is 5.73 Å². The Bertz CT molecular complexity index is 112. The zero-order valence-corrected chi connectivity index (χ0v) is 8.41. The van der Waals surface area contributed by atoms with Gasteiger partial charge in [0.25, 0.3) is 0 Å². The van der Waals surface area contributed by atoms with Gasteiger partial charge in [-0.2, -0.15) is 0 Å². The maximum atomic E-state index is 5.83. The van der Waals surface area contributed by atoms with Crippen molar-refractivity contribution in [3.05, 3.63) is 0 Å². The number of nitrogens with two attached hydrogens (primary N) is 1. The molecule has 0 heterocycles. The fourth-order valence-electron chi connectivity index (χ4n) is 1.04. The lowest BCUT2D eigenvalue weighted by Gasteiger charge is -2.10. The second kappa shape index (κ2) is 6.74. The third-order valence-corrected chi connectivity index (χ3v) is 2.47. The van der Waals surface area contributed by atoms with Gasteiger partial charge in [0.1, 0.15) is 0 Å². The highest BCUT2D eigenvalue weighted by molar-refractivity contribution is 7.80. The van der Waals surface area contributed by atoms with Crippen molar-refractivity contribution in [3.63, 3.8) is 0 Å². The quantitative estimate of drug-likeness (QED) is 0.493. The number of rotatable bonds is 6. The first-order chi connectivity index (χ1) is 5.22. The molecule has 66 valence electrons. The molecule has 0 aromatic carbocycles. The predicted octanol–water partition coefficient (Wildman–Crippen LogP) is 2.67. The van der Waals surface area contributed by atoms with Crippen LogP contribution in [0.2, 0.25) is 0 Å². The van der Waals surface area contributed by atoms with Gasteiger partial charge in [0, 0.05) is 10.9 Å². The lowest BCUT2D eigenvalue weighted by Crippen LogP contribution is -2.28. The molecule has 0 saturated carbocycles. The Morgan fingerprint density at radius 3 is 2.45 bits per heavy atom. The fraction of sp³-hybridized carbons (Fsp3) is 0.889. The molecule has 1 unspecified atom stereocenters. The van der Waals surface area contributed by atoms with Gasteiger partial charge in [0.05, 0.1) is 0 Å². The summed E-state index contributed by atoms with van der Waals surface area (Å²) in [5.74, 6) is 0. The minimum Gasteiger partial charge on any atom is -0.324 e. The molecule has 0 aromatic rings. The van der Waals surface area contributed by atoms with Gasteiger partial charge in [-0.3, -0.25) is 0 Å². The Morgan fingerprint density at radius 1 is 1.36 bits per heavy atom. The maximum absolute atomic E-state index is 5.83. The van der Waals surface area contributed by atoms with E-state index in [1.807, 2.05) is 0 Å². The molecule has 0 bridgehead atoms. The molecular weight excluding hydrogens is 154 g/mol. The molecule has 1 nitrogen and oxygen atoms in total. The van der Waals surface area contributed by atoms with Gasteiger partial charge in [0.2, 0.25) is 0 Å². The van der Waals surface area contributed by atoms with Crippen LogP contribution < -0.4 is 5.73 Å². The van der Waals surface area contributed by atoms with Gasteiger partial charge >= 0.3 is 0 Å². The first-order valence-corrected chi connectivity index (χ1v) is 4.91. The minimum atomic E-state index is 0.168. The molecule has 0 aromatic heterocycles. The lowest BCUT2D eigenvalue weighted by atomic mass is 10.1. The molecule has 0 spiro atoms. The summed E-state index contributed by atoms with van der Waals surface area (Å²) in [7, 11) is 0. The Labute approximate surface area is 75.4 Å². The standard InChI is InChI=1S/C9H19NS/c1-3-5-6-7-8(10)9(11)4-2/h8H,3-7,10H2,1-2H3. The fourth-order valence-corrected chi connectivity index (χ4v) is 1.16. The van der Waals surface area contributed by atoms with Crippen LogP contribution in [0.15, 0.2) is 0 Å². The van der Waals surface area contributed by atoms with Crippen molar-refractivity contribution in [2.75, 3.05) is 0 Å². The summed E-state index contributed by atoms with van der Waals surface area (Å²) in [6, 6.07) is 0.168. The third-order valence-electron chi connectivity index (χ3n) is 1.88. The lowest BCUT2D eigenvalue weighted by molar-refractivity contribution is 0.637. The molecular formula is C9H19NS. The minimum absolute atomic E-state index is 0.168. The Hall–Kier alpha value is 0.0500. The Balaban J connectivity index is 3.36. The van der Waals surface area contributed by atoms with Crippen LogP contribution in [0.25, 0.3) is 0 Å². The van der Waals surface area contributed by atoms with E-state index in [0.29, 0.717) is 0 Å². The summed E-state index contributed by atoms with van der Waals surface area (Å²) in [4.78, 5) is 1.03. The van der Waals surface area contributed by atoms with E-state index >= 15 is 0 Å². The van der Waals surface area contributed by atoms with E-state index in [2.05, 4.69) is 13.8 Å². The molecule has 0 radical (unpaired) electrons. The van der Waals surface area contributed by atoms with E-state index in [9.17, 15) is 0 Å². The van der Waals surface area contributed by atoms with Crippen LogP contribution in [0.1, 0.15) is 46.0 Å². The second-order valence-corrected chi connectivity index (χ2v) is 3.45. The normalized spacial score (nSPS) is 13.0. The van der Waals surface area contributed by atoms with Gasteiger partial charge in [-0.05, 0) is 12.8 Å². The summed E-state index contributed by atoms with van der Waals surface area (Å²) < 4.78 is 0. The smallest absolute Gasteiger partial charge is 0.0358 e. The predicted molar refractivity (Wildman–Crippen MR) is 55.0 cm³/mol. The van der Waals surface area contributed by atoms with Crippen LogP contribution >= 0.6 is 12.2 Å². The number of thiocarbonyl (C=S) groups is 1. The van der Waals surface area contributed by atoms with Crippen molar-refractivity contribution in [1.82, 2.24) is 0 Å². The second-order valence-electron chi connectivity index (χ2n) is 2.92. The van der Waals surface area contributed by atoms with E-state index < -0.39 is 0 Å². The SMILES string of the molecule is CCCCCC(N)C(=S)CC. The molecule has 2 heteroatoms. The molecule has 2 N–H and O–H groups in total. The van der Waals surface area contributed by atoms with Gasteiger partial charge in [0.15, 0.2) is 0 Å². The van der Waals surface area contributed by atoms with Gasteiger partial charge in [-0.15, -0.1) is 0 Å². The van der Waals surface area contributed by atoms with Gasteiger partial charge in [-0.25, -0.2) is 0 Å². The molecule has 0 amide bonds. The van der Waals surface area contributed by atoms with Crippen molar-refractivity contribution < 1.29 is 0 Å².